The SMILES string of the molecule is C/C(=C/CO)c1ccc2c(c1)C1(C)CCC2(C)CC1.CC. The number of rotatable bonds is 2. The molecule has 1 saturated carbocycles. The fourth-order valence-electron chi connectivity index (χ4n) is 3.96. The highest BCUT2D eigenvalue weighted by molar-refractivity contribution is 5.66. The van der Waals surface area contributed by atoms with Crippen molar-refractivity contribution in [3.63, 3.8) is 0 Å². The van der Waals surface area contributed by atoms with Crippen molar-refractivity contribution in [2.45, 2.75) is 71.1 Å². The number of aliphatic hydroxyl groups is 1. The van der Waals surface area contributed by atoms with Gasteiger partial charge >= 0.3 is 0 Å². The van der Waals surface area contributed by atoms with E-state index in [-0.39, 0.29) is 6.61 Å². The second-order valence-electron chi connectivity index (χ2n) is 6.95. The highest BCUT2D eigenvalue weighted by Gasteiger charge is 2.47. The molecule has 0 radical (unpaired) electrons. The van der Waals surface area contributed by atoms with Gasteiger partial charge in [-0.3, -0.25) is 0 Å². The van der Waals surface area contributed by atoms with Gasteiger partial charge in [-0.15, -0.1) is 0 Å². The summed E-state index contributed by atoms with van der Waals surface area (Å²) in [7, 11) is 0. The third-order valence-corrected chi connectivity index (χ3v) is 5.63. The first kappa shape index (κ1) is 16.3. The number of allylic oxidation sites excluding steroid dienone is 1. The lowest BCUT2D eigenvalue weighted by molar-refractivity contribution is 0.187. The summed E-state index contributed by atoms with van der Waals surface area (Å²) >= 11 is 0. The Bertz CT molecular complexity index is 531. The molecule has 3 aliphatic carbocycles. The van der Waals surface area contributed by atoms with Gasteiger partial charge < -0.3 is 5.11 Å². The lowest BCUT2D eigenvalue weighted by atomic mass is 9.52. The van der Waals surface area contributed by atoms with Crippen molar-refractivity contribution in [2.24, 2.45) is 0 Å². The molecule has 116 valence electrons. The van der Waals surface area contributed by atoms with Crippen LogP contribution in [-0.4, -0.2) is 11.7 Å². The van der Waals surface area contributed by atoms with Crippen LogP contribution >= 0.6 is 0 Å². The molecule has 1 heteroatoms. The molecule has 1 nitrogen and oxygen atoms in total. The van der Waals surface area contributed by atoms with E-state index in [0.717, 1.165) is 0 Å². The molecule has 0 unspecified atom stereocenters. The van der Waals surface area contributed by atoms with E-state index in [1.54, 1.807) is 11.1 Å². The fraction of sp³-hybridized carbons (Fsp3) is 0.600. The Morgan fingerprint density at radius 3 is 2.10 bits per heavy atom. The topological polar surface area (TPSA) is 20.2 Å². The Morgan fingerprint density at radius 2 is 1.57 bits per heavy atom. The Hall–Kier alpha value is -1.08. The second-order valence-corrected chi connectivity index (χ2v) is 6.95. The van der Waals surface area contributed by atoms with E-state index in [1.165, 1.54) is 36.8 Å². The van der Waals surface area contributed by atoms with Crippen molar-refractivity contribution in [2.75, 3.05) is 6.61 Å². The summed E-state index contributed by atoms with van der Waals surface area (Å²) in [4.78, 5) is 0. The zero-order valence-electron chi connectivity index (χ0n) is 14.3. The number of fused-ring (bicyclic) bond motifs is 2. The molecule has 1 aromatic carbocycles. The number of aliphatic hydroxyl groups excluding tert-OH is 1. The monoisotopic (exact) mass is 286 g/mol. The van der Waals surface area contributed by atoms with Crippen LogP contribution in [0.15, 0.2) is 24.3 Å². The molecule has 1 N–H and O–H groups in total. The van der Waals surface area contributed by atoms with Gasteiger partial charge in [-0.05, 0) is 65.7 Å². The molecule has 21 heavy (non-hydrogen) atoms. The average molecular weight is 286 g/mol. The highest BCUT2D eigenvalue weighted by Crippen LogP contribution is 2.56. The molecule has 0 aromatic heterocycles. The lowest BCUT2D eigenvalue weighted by Crippen LogP contribution is -2.44. The molecule has 0 heterocycles. The van der Waals surface area contributed by atoms with Crippen LogP contribution in [0.4, 0.5) is 0 Å². The molecule has 1 fully saturated rings. The lowest BCUT2D eigenvalue weighted by Gasteiger charge is -2.52. The predicted molar refractivity (Wildman–Crippen MR) is 91.7 cm³/mol. The van der Waals surface area contributed by atoms with Gasteiger partial charge in [0.05, 0.1) is 6.61 Å². The Kier molecular flexibility index (Phi) is 4.63. The Balaban J connectivity index is 0.000000774. The van der Waals surface area contributed by atoms with E-state index in [9.17, 15) is 0 Å². The van der Waals surface area contributed by atoms with Crippen LogP contribution in [0.3, 0.4) is 0 Å². The van der Waals surface area contributed by atoms with E-state index in [0.29, 0.717) is 10.8 Å². The standard InChI is InChI=1S/C18H24O.C2H6/c1-13(6-11-19)14-4-5-15-16(12-14)18(3)9-7-17(15,2)8-10-18;1-2/h4-6,12,19H,7-11H2,1-3H3;1-2H3/b13-6-;. The summed E-state index contributed by atoms with van der Waals surface area (Å²) in [6.07, 6.45) is 7.21. The maximum Gasteiger partial charge on any atom is 0.0618 e. The third kappa shape index (κ3) is 2.68. The number of hydrogen-bond acceptors (Lipinski definition) is 1. The van der Waals surface area contributed by atoms with Gasteiger partial charge in [0.15, 0.2) is 0 Å². The van der Waals surface area contributed by atoms with Crippen molar-refractivity contribution < 1.29 is 5.11 Å². The first-order valence-corrected chi connectivity index (χ1v) is 8.42. The van der Waals surface area contributed by atoms with Crippen LogP contribution in [0.25, 0.3) is 5.57 Å². The molecule has 2 bridgehead atoms. The van der Waals surface area contributed by atoms with Gasteiger partial charge in [0, 0.05) is 0 Å². The molecule has 0 saturated heterocycles. The van der Waals surface area contributed by atoms with Gasteiger partial charge in [0.25, 0.3) is 0 Å². The van der Waals surface area contributed by atoms with E-state index in [2.05, 4.69) is 39.0 Å². The summed E-state index contributed by atoms with van der Waals surface area (Å²) in [6.45, 7) is 11.1. The summed E-state index contributed by atoms with van der Waals surface area (Å²) in [5.41, 5.74) is 6.37. The van der Waals surface area contributed by atoms with Crippen LogP contribution in [0.2, 0.25) is 0 Å². The maximum atomic E-state index is 9.06. The fourth-order valence-corrected chi connectivity index (χ4v) is 3.96. The maximum absolute atomic E-state index is 9.06. The van der Waals surface area contributed by atoms with Crippen LogP contribution in [0.5, 0.6) is 0 Å². The largest absolute Gasteiger partial charge is 0.392 e. The van der Waals surface area contributed by atoms with E-state index in [1.807, 2.05) is 19.9 Å². The summed E-state index contributed by atoms with van der Waals surface area (Å²) in [6, 6.07) is 6.96. The van der Waals surface area contributed by atoms with Gasteiger partial charge in [-0.25, -0.2) is 0 Å². The summed E-state index contributed by atoms with van der Waals surface area (Å²) < 4.78 is 0. The molecule has 0 atom stereocenters. The summed E-state index contributed by atoms with van der Waals surface area (Å²) in [5.74, 6) is 0. The minimum absolute atomic E-state index is 0.123. The predicted octanol–water partition coefficient (Wildman–Crippen LogP) is 5.21. The third-order valence-electron chi connectivity index (χ3n) is 5.63. The molecule has 0 amide bonds. The molecule has 4 rings (SSSR count). The van der Waals surface area contributed by atoms with Crippen molar-refractivity contribution in [3.8, 4) is 0 Å². The van der Waals surface area contributed by atoms with Crippen molar-refractivity contribution in [1.82, 2.24) is 0 Å². The highest BCUT2D eigenvalue weighted by atomic mass is 16.2. The van der Waals surface area contributed by atoms with Crippen molar-refractivity contribution in [3.05, 3.63) is 41.0 Å². The van der Waals surface area contributed by atoms with Crippen LogP contribution in [0.1, 0.15) is 77.0 Å². The van der Waals surface area contributed by atoms with Crippen LogP contribution < -0.4 is 0 Å². The van der Waals surface area contributed by atoms with Gasteiger partial charge in [0.1, 0.15) is 0 Å². The zero-order chi connectivity index (χ0) is 15.7. The van der Waals surface area contributed by atoms with Crippen molar-refractivity contribution >= 4 is 5.57 Å². The molecule has 0 aliphatic heterocycles. The average Bonchev–Trinajstić information content (AvgIpc) is 2.51. The number of hydrogen-bond donors (Lipinski definition) is 1. The molecule has 3 aliphatic rings. The first-order chi connectivity index (χ1) is 9.98. The molecule has 1 aromatic rings. The van der Waals surface area contributed by atoms with Crippen molar-refractivity contribution in [1.29, 1.82) is 0 Å². The Morgan fingerprint density at radius 1 is 1.05 bits per heavy atom. The quantitative estimate of drug-likeness (QED) is 0.791. The van der Waals surface area contributed by atoms with E-state index < -0.39 is 0 Å². The molecular weight excluding hydrogens is 256 g/mol. The van der Waals surface area contributed by atoms with Gasteiger partial charge in [0.2, 0.25) is 0 Å². The minimum Gasteiger partial charge on any atom is -0.392 e. The zero-order valence-corrected chi connectivity index (χ0v) is 14.3. The number of benzene rings is 1. The van der Waals surface area contributed by atoms with E-state index in [4.69, 9.17) is 5.11 Å². The van der Waals surface area contributed by atoms with Crippen LogP contribution in [0, 0.1) is 0 Å². The van der Waals surface area contributed by atoms with Gasteiger partial charge in [-0.2, -0.15) is 0 Å². The molecular formula is C20H30O. The van der Waals surface area contributed by atoms with Gasteiger partial charge in [-0.1, -0.05) is 52.0 Å². The van der Waals surface area contributed by atoms with Crippen LogP contribution in [-0.2, 0) is 10.8 Å². The van der Waals surface area contributed by atoms with E-state index >= 15 is 0 Å². The first-order valence-electron chi connectivity index (χ1n) is 8.42. The summed E-state index contributed by atoms with van der Waals surface area (Å²) in [5, 5.41) is 9.06. The minimum atomic E-state index is 0.123. The smallest absolute Gasteiger partial charge is 0.0618 e. The second kappa shape index (κ2) is 5.96. The normalized spacial score (nSPS) is 30.5. The molecule has 0 spiro atoms. The Labute approximate surface area is 130 Å².